The molecule has 4 heteroatoms. The first kappa shape index (κ1) is 10.7. The summed E-state index contributed by atoms with van der Waals surface area (Å²) in [6, 6.07) is 0.582. The van der Waals surface area contributed by atoms with E-state index in [1.54, 1.807) is 0 Å². The molecule has 1 rings (SSSR count). The Kier molecular flexibility index (Phi) is 6.85. The van der Waals surface area contributed by atoms with Crippen molar-refractivity contribution in [2.75, 3.05) is 0 Å². The zero-order valence-electron chi connectivity index (χ0n) is 5.81. The Balaban J connectivity index is 0.000000810. The molecule has 1 saturated carbocycles. The van der Waals surface area contributed by atoms with Crippen LogP contribution in [-0.2, 0) is 3.93 Å². The zero-order chi connectivity index (χ0) is 6.53. The van der Waals surface area contributed by atoms with Crippen LogP contribution >= 0.6 is 28.7 Å². The minimum Gasteiger partial charge on any atom is -0.223 e. The quantitative estimate of drug-likeness (QED) is 0.736. The summed E-state index contributed by atoms with van der Waals surface area (Å²) in [5, 5.41) is 0. The minimum atomic E-state index is 0. The third-order valence-corrected chi connectivity index (χ3v) is 2.00. The standard InChI is InChI=1S/C6H12BrNO.ClH/c7-9-8-6-4-2-1-3-5-6;/h6,8H,1-5H2;1H. The Morgan fingerprint density at radius 3 is 2.30 bits per heavy atom. The van der Waals surface area contributed by atoms with Gasteiger partial charge in [-0.25, -0.2) is 3.93 Å². The Hall–Kier alpha value is 0.690. The molecule has 1 fully saturated rings. The maximum Gasteiger partial charge on any atom is 0.125 e. The number of halogens is 2. The van der Waals surface area contributed by atoms with E-state index in [-0.39, 0.29) is 12.4 Å². The topological polar surface area (TPSA) is 21.3 Å². The molecule has 1 aliphatic carbocycles. The Labute approximate surface area is 76.5 Å². The van der Waals surface area contributed by atoms with E-state index in [2.05, 4.69) is 25.7 Å². The summed E-state index contributed by atoms with van der Waals surface area (Å²) in [7, 11) is 0. The van der Waals surface area contributed by atoms with Gasteiger partial charge >= 0.3 is 0 Å². The van der Waals surface area contributed by atoms with Crippen LogP contribution in [0.5, 0.6) is 0 Å². The van der Waals surface area contributed by atoms with Crippen LogP contribution < -0.4 is 5.48 Å². The Morgan fingerprint density at radius 2 is 1.80 bits per heavy atom. The van der Waals surface area contributed by atoms with E-state index in [0.717, 1.165) is 0 Å². The SMILES string of the molecule is BrONC1CCCCC1.Cl. The predicted molar refractivity (Wildman–Crippen MR) is 47.3 cm³/mol. The van der Waals surface area contributed by atoms with Crippen LogP contribution in [0, 0.1) is 0 Å². The summed E-state index contributed by atoms with van der Waals surface area (Å²) in [5.74, 6) is 0. The smallest absolute Gasteiger partial charge is 0.125 e. The number of rotatable bonds is 2. The van der Waals surface area contributed by atoms with E-state index in [1.165, 1.54) is 32.1 Å². The average molecular weight is 231 g/mol. The lowest BCUT2D eigenvalue weighted by Gasteiger charge is -2.20. The lowest BCUT2D eigenvalue weighted by Crippen LogP contribution is -2.28. The highest BCUT2D eigenvalue weighted by Gasteiger charge is 2.11. The van der Waals surface area contributed by atoms with Crippen LogP contribution in [0.25, 0.3) is 0 Å². The van der Waals surface area contributed by atoms with Gasteiger partial charge in [-0.05, 0) is 12.8 Å². The second-order valence-corrected chi connectivity index (χ2v) is 2.85. The van der Waals surface area contributed by atoms with Gasteiger partial charge in [-0.2, -0.15) is 5.48 Å². The lowest BCUT2D eigenvalue weighted by molar-refractivity contribution is 0.175. The Bertz CT molecular complexity index is 75.4. The normalized spacial score (nSPS) is 20.1. The fourth-order valence-corrected chi connectivity index (χ4v) is 1.55. The van der Waals surface area contributed by atoms with Gasteiger partial charge in [0.25, 0.3) is 0 Å². The molecule has 0 saturated heterocycles. The molecule has 0 amide bonds. The first-order valence-corrected chi connectivity index (χ1v) is 4.11. The molecular formula is C6H13BrClNO. The summed E-state index contributed by atoms with van der Waals surface area (Å²) >= 11 is 2.87. The molecule has 1 N–H and O–H groups in total. The monoisotopic (exact) mass is 229 g/mol. The molecule has 0 heterocycles. The number of hydrogen-bond donors (Lipinski definition) is 1. The summed E-state index contributed by atoms with van der Waals surface area (Å²) in [4.78, 5) is 0. The molecular weight excluding hydrogens is 217 g/mol. The van der Waals surface area contributed by atoms with Crippen molar-refractivity contribution in [1.29, 1.82) is 0 Å². The second-order valence-electron chi connectivity index (χ2n) is 2.53. The molecule has 0 bridgehead atoms. The van der Waals surface area contributed by atoms with Crippen LogP contribution in [-0.4, -0.2) is 6.04 Å². The third-order valence-electron chi connectivity index (χ3n) is 1.82. The molecule has 0 unspecified atom stereocenters. The minimum absolute atomic E-state index is 0. The first-order chi connectivity index (χ1) is 4.43. The van der Waals surface area contributed by atoms with Gasteiger partial charge in [0.2, 0.25) is 0 Å². The van der Waals surface area contributed by atoms with Crippen molar-refractivity contribution in [2.45, 2.75) is 38.1 Å². The number of hydroxylamine groups is 1. The van der Waals surface area contributed by atoms with Crippen molar-refractivity contribution < 1.29 is 3.93 Å². The number of nitrogens with one attached hydrogen (secondary N) is 1. The maximum atomic E-state index is 4.64. The van der Waals surface area contributed by atoms with Crippen molar-refractivity contribution in [2.24, 2.45) is 0 Å². The van der Waals surface area contributed by atoms with E-state index >= 15 is 0 Å². The molecule has 62 valence electrons. The summed E-state index contributed by atoms with van der Waals surface area (Å²) in [6.07, 6.45) is 6.58. The van der Waals surface area contributed by atoms with Crippen molar-refractivity contribution in [3.8, 4) is 0 Å². The number of hydrogen-bond acceptors (Lipinski definition) is 2. The molecule has 10 heavy (non-hydrogen) atoms. The molecule has 0 atom stereocenters. The van der Waals surface area contributed by atoms with E-state index < -0.39 is 0 Å². The second kappa shape index (κ2) is 6.40. The van der Waals surface area contributed by atoms with Gasteiger partial charge in [-0.15, -0.1) is 12.4 Å². The van der Waals surface area contributed by atoms with E-state index in [0.29, 0.717) is 6.04 Å². The van der Waals surface area contributed by atoms with E-state index in [9.17, 15) is 0 Å². The largest absolute Gasteiger partial charge is 0.223 e. The van der Waals surface area contributed by atoms with Crippen molar-refractivity contribution in [3.63, 3.8) is 0 Å². The molecule has 0 radical (unpaired) electrons. The third kappa shape index (κ3) is 3.76. The summed E-state index contributed by atoms with van der Waals surface area (Å²) in [6.45, 7) is 0. The van der Waals surface area contributed by atoms with Crippen molar-refractivity contribution in [1.82, 2.24) is 5.48 Å². The first-order valence-electron chi connectivity index (χ1n) is 3.46. The van der Waals surface area contributed by atoms with Gasteiger partial charge in [0.1, 0.15) is 16.3 Å². The molecule has 0 spiro atoms. The molecule has 0 aromatic carbocycles. The van der Waals surface area contributed by atoms with Gasteiger partial charge in [0.15, 0.2) is 0 Å². The predicted octanol–water partition coefficient (Wildman–Crippen LogP) is 2.57. The molecule has 0 aromatic rings. The highest BCUT2D eigenvalue weighted by atomic mass is 79.9. The van der Waals surface area contributed by atoms with Gasteiger partial charge < -0.3 is 0 Å². The van der Waals surface area contributed by atoms with Crippen LogP contribution in [0.2, 0.25) is 0 Å². The van der Waals surface area contributed by atoms with Crippen LogP contribution in [0.15, 0.2) is 0 Å². The highest BCUT2D eigenvalue weighted by molar-refractivity contribution is 9.05. The van der Waals surface area contributed by atoms with Gasteiger partial charge in [-0.1, -0.05) is 19.3 Å². The average Bonchev–Trinajstić information content (AvgIpc) is 1.91. The zero-order valence-corrected chi connectivity index (χ0v) is 8.21. The molecule has 2 nitrogen and oxygen atoms in total. The summed E-state index contributed by atoms with van der Waals surface area (Å²) < 4.78 is 4.64. The van der Waals surface area contributed by atoms with Crippen molar-refractivity contribution in [3.05, 3.63) is 0 Å². The van der Waals surface area contributed by atoms with E-state index in [4.69, 9.17) is 0 Å². The molecule has 0 aromatic heterocycles. The van der Waals surface area contributed by atoms with Crippen LogP contribution in [0.3, 0.4) is 0 Å². The fraction of sp³-hybridized carbons (Fsp3) is 1.00. The molecule has 1 aliphatic rings. The van der Waals surface area contributed by atoms with Gasteiger partial charge in [0, 0.05) is 6.04 Å². The maximum absolute atomic E-state index is 4.64. The summed E-state index contributed by atoms with van der Waals surface area (Å²) in [5.41, 5.74) is 2.90. The van der Waals surface area contributed by atoms with Crippen LogP contribution in [0.4, 0.5) is 0 Å². The van der Waals surface area contributed by atoms with Crippen LogP contribution in [0.1, 0.15) is 32.1 Å². The van der Waals surface area contributed by atoms with Gasteiger partial charge in [0.05, 0.1) is 0 Å². The Morgan fingerprint density at radius 1 is 1.20 bits per heavy atom. The highest BCUT2D eigenvalue weighted by Crippen LogP contribution is 2.17. The molecule has 0 aliphatic heterocycles. The van der Waals surface area contributed by atoms with Gasteiger partial charge in [-0.3, -0.25) is 0 Å². The lowest BCUT2D eigenvalue weighted by atomic mass is 9.96. The fourth-order valence-electron chi connectivity index (χ4n) is 1.28. The van der Waals surface area contributed by atoms with Crippen molar-refractivity contribution >= 4 is 28.7 Å². The van der Waals surface area contributed by atoms with E-state index in [1.807, 2.05) is 0 Å².